The van der Waals surface area contributed by atoms with E-state index in [4.69, 9.17) is 5.73 Å². The van der Waals surface area contributed by atoms with E-state index in [1.54, 1.807) is 6.07 Å². The molecule has 1 fully saturated rings. The molecule has 3 rings (SSSR count). The van der Waals surface area contributed by atoms with Crippen molar-refractivity contribution in [3.63, 3.8) is 0 Å². The van der Waals surface area contributed by atoms with Crippen LogP contribution in [0.3, 0.4) is 0 Å². The predicted octanol–water partition coefficient (Wildman–Crippen LogP) is 3.59. The molecular weight excluding hydrogens is 327 g/mol. The first kappa shape index (κ1) is 16.9. The number of hydrogen-bond donors (Lipinski definition) is 3. The number of halogens is 1. The van der Waals surface area contributed by atoms with Gasteiger partial charge >= 0.3 is 5.69 Å². The summed E-state index contributed by atoms with van der Waals surface area (Å²) in [6.45, 7) is 0. The molecule has 8 nitrogen and oxygen atoms in total. The highest BCUT2D eigenvalue weighted by Gasteiger charge is 2.24. The molecule has 1 aromatic carbocycles. The Morgan fingerprint density at radius 3 is 2.68 bits per heavy atom. The highest BCUT2D eigenvalue weighted by atomic mass is 19.1. The Morgan fingerprint density at radius 1 is 1.24 bits per heavy atom. The number of nitrogens with two attached hydrogens (primary N) is 1. The van der Waals surface area contributed by atoms with Crippen LogP contribution in [-0.4, -0.2) is 20.9 Å². The van der Waals surface area contributed by atoms with Gasteiger partial charge in [0.2, 0.25) is 17.6 Å². The van der Waals surface area contributed by atoms with Gasteiger partial charge in [0.1, 0.15) is 5.82 Å². The summed E-state index contributed by atoms with van der Waals surface area (Å²) in [7, 11) is 0. The van der Waals surface area contributed by atoms with Crippen molar-refractivity contribution in [2.75, 3.05) is 16.4 Å². The number of hydrogen-bond acceptors (Lipinski definition) is 7. The van der Waals surface area contributed by atoms with Crippen molar-refractivity contribution in [3.05, 3.63) is 40.2 Å². The van der Waals surface area contributed by atoms with Crippen molar-refractivity contribution in [1.82, 2.24) is 9.97 Å². The van der Waals surface area contributed by atoms with Crippen LogP contribution in [0.5, 0.6) is 0 Å². The molecule has 1 aliphatic carbocycles. The summed E-state index contributed by atoms with van der Waals surface area (Å²) in [5.74, 6) is -0.539. The number of nitrogens with zero attached hydrogens (tertiary/aromatic N) is 3. The zero-order chi connectivity index (χ0) is 17.8. The molecule has 1 heterocycles. The van der Waals surface area contributed by atoms with Crippen LogP contribution >= 0.6 is 0 Å². The molecule has 1 aromatic heterocycles. The summed E-state index contributed by atoms with van der Waals surface area (Å²) >= 11 is 0. The van der Waals surface area contributed by atoms with Gasteiger partial charge in [0.15, 0.2) is 0 Å². The molecular formula is C16H19FN6O2. The van der Waals surface area contributed by atoms with Crippen molar-refractivity contribution < 1.29 is 9.31 Å². The molecule has 25 heavy (non-hydrogen) atoms. The maximum atomic E-state index is 13.4. The minimum atomic E-state index is -0.651. The SMILES string of the molecule is Nc1nc(NC2CCCCC2)nc(Nc2cccc(F)c2)c1[N+](=O)[O-]. The Morgan fingerprint density at radius 2 is 2.00 bits per heavy atom. The van der Waals surface area contributed by atoms with E-state index in [9.17, 15) is 14.5 Å². The van der Waals surface area contributed by atoms with Gasteiger partial charge in [0.25, 0.3) is 0 Å². The Bertz CT molecular complexity index is 779. The van der Waals surface area contributed by atoms with E-state index < -0.39 is 16.4 Å². The molecule has 132 valence electrons. The summed E-state index contributed by atoms with van der Waals surface area (Å²) < 4.78 is 13.4. The van der Waals surface area contributed by atoms with Crippen LogP contribution in [0, 0.1) is 15.9 Å². The van der Waals surface area contributed by atoms with Gasteiger partial charge in [-0.1, -0.05) is 25.3 Å². The lowest BCUT2D eigenvalue weighted by Gasteiger charge is -2.23. The maximum Gasteiger partial charge on any atom is 0.353 e. The summed E-state index contributed by atoms with van der Waals surface area (Å²) in [6, 6.07) is 5.80. The summed E-state index contributed by atoms with van der Waals surface area (Å²) in [5, 5.41) is 17.3. The second kappa shape index (κ2) is 7.29. The Labute approximate surface area is 143 Å². The van der Waals surface area contributed by atoms with Gasteiger partial charge < -0.3 is 16.4 Å². The standard InChI is InChI=1S/C16H19FN6O2/c17-10-5-4-8-12(9-10)19-15-13(23(24)25)14(18)21-16(22-15)20-11-6-2-1-3-7-11/h4-5,8-9,11H,1-3,6-7H2,(H4,18,19,20,21,22). The van der Waals surface area contributed by atoms with E-state index in [2.05, 4.69) is 20.6 Å². The first-order valence-corrected chi connectivity index (χ1v) is 8.14. The number of nitrogens with one attached hydrogen (secondary N) is 2. The minimum Gasteiger partial charge on any atom is -0.378 e. The third-order valence-corrected chi connectivity index (χ3v) is 4.12. The Kier molecular flexibility index (Phi) is 4.92. The lowest BCUT2D eigenvalue weighted by atomic mass is 9.96. The summed E-state index contributed by atoms with van der Waals surface area (Å²) in [6.07, 6.45) is 5.43. The third kappa shape index (κ3) is 4.11. The van der Waals surface area contributed by atoms with Gasteiger partial charge in [-0.25, -0.2) is 4.39 Å². The Hall–Kier alpha value is -2.97. The quantitative estimate of drug-likeness (QED) is 0.559. The molecule has 0 saturated heterocycles. The fourth-order valence-electron chi connectivity index (χ4n) is 2.94. The van der Waals surface area contributed by atoms with Gasteiger partial charge in [-0.05, 0) is 31.0 Å². The van der Waals surface area contributed by atoms with Gasteiger partial charge in [0, 0.05) is 11.7 Å². The van der Waals surface area contributed by atoms with Crippen molar-refractivity contribution in [3.8, 4) is 0 Å². The van der Waals surface area contributed by atoms with E-state index in [-0.39, 0.29) is 23.6 Å². The monoisotopic (exact) mass is 346 g/mol. The largest absolute Gasteiger partial charge is 0.378 e. The first-order chi connectivity index (χ1) is 12.0. The summed E-state index contributed by atoms with van der Waals surface area (Å²) in [4.78, 5) is 18.9. The van der Waals surface area contributed by atoms with E-state index in [1.807, 2.05) is 0 Å². The lowest BCUT2D eigenvalue weighted by molar-refractivity contribution is -0.383. The zero-order valence-electron chi connectivity index (χ0n) is 13.5. The molecule has 0 unspecified atom stereocenters. The lowest BCUT2D eigenvalue weighted by Crippen LogP contribution is -2.24. The average molecular weight is 346 g/mol. The van der Waals surface area contributed by atoms with Crippen molar-refractivity contribution in [1.29, 1.82) is 0 Å². The zero-order valence-corrected chi connectivity index (χ0v) is 13.5. The van der Waals surface area contributed by atoms with Crippen LogP contribution in [0.2, 0.25) is 0 Å². The maximum absolute atomic E-state index is 13.4. The smallest absolute Gasteiger partial charge is 0.353 e. The van der Waals surface area contributed by atoms with Crippen LogP contribution < -0.4 is 16.4 Å². The van der Waals surface area contributed by atoms with Crippen LogP contribution in [0.4, 0.5) is 33.3 Å². The van der Waals surface area contributed by atoms with E-state index in [0.717, 1.165) is 25.7 Å². The van der Waals surface area contributed by atoms with Crippen molar-refractivity contribution >= 4 is 29.0 Å². The number of benzene rings is 1. The Balaban J connectivity index is 1.91. The van der Waals surface area contributed by atoms with Crippen molar-refractivity contribution in [2.45, 2.75) is 38.1 Å². The van der Waals surface area contributed by atoms with Crippen LogP contribution in [0.1, 0.15) is 32.1 Å². The van der Waals surface area contributed by atoms with Gasteiger partial charge in [-0.15, -0.1) is 0 Å². The molecule has 2 aromatic rings. The number of anilines is 4. The second-order valence-corrected chi connectivity index (χ2v) is 6.00. The van der Waals surface area contributed by atoms with Gasteiger partial charge in [-0.3, -0.25) is 10.1 Å². The predicted molar refractivity (Wildman–Crippen MR) is 93.3 cm³/mol. The highest BCUT2D eigenvalue weighted by molar-refractivity contribution is 5.74. The molecule has 0 radical (unpaired) electrons. The van der Waals surface area contributed by atoms with Gasteiger partial charge in [0.05, 0.1) is 4.92 Å². The van der Waals surface area contributed by atoms with Gasteiger partial charge in [-0.2, -0.15) is 9.97 Å². The molecule has 0 bridgehead atoms. The number of nitrogen functional groups attached to an aromatic ring is 1. The highest BCUT2D eigenvalue weighted by Crippen LogP contribution is 2.32. The fourth-order valence-corrected chi connectivity index (χ4v) is 2.94. The van der Waals surface area contributed by atoms with Crippen LogP contribution in [-0.2, 0) is 0 Å². The molecule has 0 atom stereocenters. The second-order valence-electron chi connectivity index (χ2n) is 6.00. The third-order valence-electron chi connectivity index (χ3n) is 4.12. The fraction of sp³-hybridized carbons (Fsp3) is 0.375. The molecule has 9 heteroatoms. The normalized spacial score (nSPS) is 14.9. The van der Waals surface area contributed by atoms with E-state index >= 15 is 0 Å². The number of nitro groups is 1. The summed E-state index contributed by atoms with van der Waals surface area (Å²) in [5.41, 5.74) is 5.67. The molecule has 1 saturated carbocycles. The van der Waals surface area contributed by atoms with Crippen molar-refractivity contribution in [2.24, 2.45) is 0 Å². The molecule has 0 aliphatic heterocycles. The minimum absolute atomic E-state index is 0.0681. The first-order valence-electron chi connectivity index (χ1n) is 8.14. The molecule has 1 aliphatic rings. The van der Waals surface area contributed by atoms with E-state index in [0.29, 0.717) is 5.69 Å². The van der Waals surface area contributed by atoms with Crippen LogP contribution in [0.25, 0.3) is 0 Å². The molecule has 0 amide bonds. The molecule has 4 N–H and O–H groups in total. The number of rotatable bonds is 5. The van der Waals surface area contributed by atoms with Crippen LogP contribution in [0.15, 0.2) is 24.3 Å². The topological polar surface area (TPSA) is 119 Å². The number of aromatic nitrogens is 2. The molecule has 0 spiro atoms. The average Bonchev–Trinajstić information content (AvgIpc) is 2.55. The van der Waals surface area contributed by atoms with E-state index in [1.165, 1.54) is 24.6 Å².